The quantitative estimate of drug-likeness (QED) is 0.681. The topological polar surface area (TPSA) is 67.3 Å². The van der Waals surface area contributed by atoms with Gasteiger partial charge in [0.05, 0.1) is 17.8 Å². The highest BCUT2D eigenvalue weighted by atomic mass is 16.5. The third-order valence-electron chi connectivity index (χ3n) is 5.29. The second kappa shape index (κ2) is 8.90. The van der Waals surface area contributed by atoms with E-state index in [9.17, 15) is 4.79 Å². The Hall–Kier alpha value is -3.15. The van der Waals surface area contributed by atoms with Crippen molar-refractivity contribution in [2.75, 3.05) is 29.9 Å². The minimum Gasteiger partial charge on any atom is -0.491 e. The van der Waals surface area contributed by atoms with Gasteiger partial charge in [0.1, 0.15) is 17.9 Å². The number of amides is 1. The molecule has 1 fully saturated rings. The molecule has 2 heterocycles. The predicted octanol–water partition coefficient (Wildman–Crippen LogP) is 4.27. The van der Waals surface area contributed by atoms with Crippen molar-refractivity contribution < 1.29 is 9.53 Å². The van der Waals surface area contributed by atoms with E-state index in [1.807, 2.05) is 42.5 Å². The molecule has 2 aromatic carbocycles. The van der Waals surface area contributed by atoms with Crippen LogP contribution in [0.4, 0.5) is 11.5 Å². The zero-order valence-electron chi connectivity index (χ0n) is 16.7. The molecule has 3 aromatic rings. The van der Waals surface area contributed by atoms with E-state index in [0.717, 1.165) is 60.5 Å². The van der Waals surface area contributed by atoms with E-state index in [0.29, 0.717) is 6.61 Å². The molecule has 4 rings (SSSR count). The summed E-state index contributed by atoms with van der Waals surface area (Å²) < 4.78 is 5.75. The molecular formula is C23H26N4O2. The summed E-state index contributed by atoms with van der Waals surface area (Å²) in [4.78, 5) is 23.9. The zero-order chi connectivity index (χ0) is 20.1. The SMILES string of the molecule is CCCOc1ccccc1NC(=O)C1CCN(c2ncnc3ccccc23)CC1. The minimum absolute atomic E-state index is 0.0152. The maximum Gasteiger partial charge on any atom is 0.227 e. The third-order valence-corrected chi connectivity index (χ3v) is 5.29. The molecule has 29 heavy (non-hydrogen) atoms. The first-order valence-electron chi connectivity index (χ1n) is 10.2. The van der Waals surface area contributed by atoms with Crippen LogP contribution >= 0.6 is 0 Å². The van der Waals surface area contributed by atoms with E-state index in [1.54, 1.807) is 6.33 Å². The Kier molecular flexibility index (Phi) is 5.89. The smallest absolute Gasteiger partial charge is 0.227 e. The van der Waals surface area contributed by atoms with Crippen LogP contribution in [0.1, 0.15) is 26.2 Å². The van der Waals surface area contributed by atoms with Crippen molar-refractivity contribution in [1.82, 2.24) is 9.97 Å². The molecule has 150 valence electrons. The molecule has 1 aromatic heterocycles. The predicted molar refractivity (Wildman–Crippen MR) is 115 cm³/mol. The Balaban J connectivity index is 1.40. The first-order chi connectivity index (χ1) is 14.3. The lowest BCUT2D eigenvalue weighted by Gasteiger charge is -2.32. The summed E-state index contributed by atoms with van der Waals surface area (Å²) in [5.41, 5.74) is 1.69. The van der Waals surface area contributed by atoms with E-state index in [1.165, 1.54) is 0 Å². The summed E-state index contributed by atoms with van der Waals surface area (Å²) in [5.74, 6) is 1.73. The van der Waals surface area contributed by atoms with E-state index in [-0.39, 0.29) is 11.8 Å². The van der Waals surface area contributed by atoms with Crippen LogP contribution in [0.2, 0.25) is 0 Å². The van der Waals surface area contributed by atoms with Gasteiger partial charge >= 0.3 is 0 Å². The maximum absolute atomic E-state index is 12.8. The number of rotatable bonds is 6. The zero-order valence-corrected chi connectivity index (χ0v) is 16.7. The molecule has 1 amide bonds. The van der Waals surface area contributed by atoms with Crippen molar-refractivity contribution in [3.8, 4) is 5.75 Å². The lowest BCUT2D eigenvalue weighted by molar-refractivity contribution is -0.120. The first kappa shape index (κ1) is 19.2. The van der Waals surface area contributed by atoms with Crippen LogP contribution in [-0.4, -0.2) is 35.6 Å². The number of anilines is 2. The molecule has 0 bridgehead atoms. The van der Waals surface area contributed by atoms with E-state index >= 15 is 0 Å². The summed E-state index contributed by atoms with van der Waals surface area (Å²) in [6.45, 7) is 4.30. The summed E-state index contributed by atoms with van der Waals surface area (Å²) in [6, 6.07) is 15.7. The molecule has 1 aliphatic heterocycles. The number of benzene rings is 2. The number of nitrogens with zero attached hydrogens (tertiary/aromatic N) is 3. The van der Waals surface area contributed by atoms with Crippen LogP contribution in [0.15, 0.2) is 54.9 Å². The molecular weight excluding hydrogens is 364 g/mol. The number of para-hydroxylation sites is 3. The molecule has 1 saturated heterocycles. The van der Waals surface area contributed by atoms with E-state index in [2.05, 4.69) is 33.2 Å². The second-order valence-corrected chi connectivity index (χ2v) is 7.31. The monoisotopic (exact) mass is 390 g/mol. The number of piperidine rings is 1. The Bertz CT molecular complexity index is 978. The maximum atomic E-state index is 12.8. The van der Waals surface area contributed by atoms with Crippen molar-refractivity contribution in [1.29, 1.82) is 0 Å². The molecule has 0 spiro atoms. The van der Waals surface area contributed by atoms with Crippen LogP contribution in [0.25, 0.3) is 10.9 Å². The Labute approximate surface area is 170 Å². The van der Waals surface area contributed by atoms with E-state index in [4.69, 9.17) is 4.74 Å². The molecule has 0 radical (unpaired) electrons. The van der Waals surface area contributed by atoms with Crippen molar-refractivity contribution in [3.05, 3.63) is 54.9 Å². The van der Waals surface area contributed by atoms with Gasteiger partial charge in [-0.25, -0.2) is 9.97 Å². The van der Waals surface area contributed by atoms with Crippen LogP contribution < -0.4 is 15.0 Å². The van der Waals surface area contributed by atoms with Gasteiger partial charge in [-0.3, -0.25) is 4.79 Å². The molecule has 1 N–H and O–H groups in total. The van der Waals surface area contributed by atoms with Gasteiger partial charge in [-0.15, -0.1) is 0 Å². The molecule has 0 atom stereocenters. The number of fused-ring (bicyclic) bond motifs is 1. The summed E-state index contributed by atoms with van der Waals surface area (Å²) in [7, 11) is 0. The second-order valence-electron chi connectivity index (χ2n) is 7.31. The highest BCUT2D eigenvalue weighted by Crippen LogP contribution is 2.29. The molecule has 1 aliphatic rings. The van der Waals surface area contributed by atoms with Crippen molar-refractivity contribution in [2.24, 2.45) is 5.92 Å². The van der Waals surface area contributed by atoms with Gasteiger partial charge in [0, 0.05) is 24.4 Å². The Morgan fingerprint density at radius 2 is 1.86 bits per heavy atom. The lowest BCUT2D eigenvalue weighted by atomic mass is 9.95. The average Bonchev–Trinajstić information content (AvgIpc) is 2.78. The van der Waals surface area contributed by atoms with Gasteiger partial charge < -0.3 is 15.0 Å². The number of aromatic nitrogens is 2. The fraction of sp³-hybridized carbons (Fsp3) is 0.348. The van der Waals surface area contributed by atoms with Gasteiger partial charge in [-0.05, 0) is 43.5 Å². The van der Waals surface area contributed by atoms with Crippen molar-refractivity contribution >= 4 is 28.3 Å². The highest BCUT2D eigenvalue weighted by molar-refractivity contribution is 5.94. The van der Waals surface area contributed by atoms with E-state index < -0.39 is 0 Å². The number of ether oxygens (including phenoxy) is 1. The number of nitrogens with one attached hydrogen (secondary N) is 1. The van der Waals surface area contributed by atoms with Crippen molar-refractivity contribution in [3.63, 3.8) is 0 Å². The van der Waals surface area contributed by atoms with Crippen molar-refractivity contribution in [2.45, 2.75) is 26.2 Å². The third kappa shape index (κ3) is 4.31. The number of carbonyl (C=O) groups excluding carboxylic acids is 1. The first-order valence-corrected chi connectivity index (χ1v) is 10.2. The fourth-order valence-electron chi connectivity index (χ4n) is 3.74. The minimum atomic E-state index is -0.0152. The fourth-order valence-corrected chi connectivity index (χ4v) is 3.74. The standard InChI is InChI=1S/C23H26N4O2/c1-2-15-29-21-10-6-5-9-20(21)26-23(28)17-11-13-27(14-12-17)22-18-7-3-4-8-19(18)24-16-25-22/h3-10,16-17H,2,11-15H2,1H3,(H,26,28). The van der Waals surface area contributed by atoms with Gasteiger partial charge in [0.2, 0.25) is 5.91 Å². The lowest BCUT2D eigenvalue weighted by Crippen LogP contribution is -2.38. The average molecular weight is 390 g/mol. The number of hydrogen-bond donors (Lipinski definition) is 1. The van der Waals surface area contributed by atoms with Crippen LogP contribution in [-0.2, 0) is 4.79 Å². The molecule has 0 unspecified atom stereocenters. The Morgan fingerprint density at radius 1 is 1.10 bits per heavy atom. The van der Waals surface area contributed by atoms with Gasteiger partial charge in [-0.1, -0.05) is 31.2 Å². The Morgan fingerprint density at radius 3 is 2.69 bits per heavy atom. The normalized spacial score (nSPS) is 14.7. The summed E-state index contributed by atoms with van der Waals surface area (Å²) in [6.07, 6.45) is 4.13. The molecule has 0 aliphatic carbocycles. The summed E-state index contributed by atoms with van der Waals surface area (Å²) >= 11 is 0. The molecule has 6 nitrogen and oxygen atoms in total. The highest BCUT2D eigenvalue weighted by Gasteiger charge is 2.27. The molecule has 0 saturated carbocycles. The van der Waals surface area contributed by atoms with Crippen LogP contribution in [0.5, 0.6) is 5.75 Å². The van der Waals surface area contributed by atoms with Gasteiger partial charge in [0.25, 0.3) is 0 Å². The largest absolute Gasteiger partial charge is 0.491 e. The van der Waals surface area contributed by atoms with Gasteiger partial charge in [0.15, 0.2) is 0 Å². The number of hydrogen-bond acceptors (Lipinski definition) is 5. The van der Waals surface area contributed by atoms with Crippen LogP contribution in [0, 0.1) is 5.92 Å². The van der Waals surface area contributed by atoms with Gasteiger partial charge in [-0.2, -0.15) is 0 Å². The number of carbonyl (C=O) groups is 1. The molecule has 6 heteroatoms. The van der Waals surface area contributed by atoms with Crippen LogP contribution in [0.3, 0.4) is 0 Å². The summed E-state index contributed by atoms with van der Waals surface area (Å²) in [5, 5.41) is 4.12.